The molecule has 2 N–H and O–H groups in total. The molecule has 0 rings (SSSR count). The molecule has 0 aromatic rings. The molecule has 0 aliphatic carbocycles. The molecular weight excluding hydrogens is 559 g/mol. The summed E-state index contributed by atoms with van der Waals surface area (Å²) >= 11 is 0. The molecule has 2 unspecified atom stereocenters. The Balaban J connectivity index is -0.000000170. The van der Waals surface area contributed by atoms with Crippen molar-refractivity contribution in [1.82, 2.24) is 0 Å². The van der Waals surface area contributed by atoms with Gasteiger partial charge in [-0.3, -0.25) is 14.4 Å². The zero-order valence-electron chi connectivity index (χ0n) is 27.3. The number of allylic oxidation sites excluding steroid dienone is 7. The van der Waals surface area contributed by atoms with Crippen LogP contribution in [0.25, 0.3) is 0 Å². The number of methoxy groups -OCH3 is 3. The van der Waals surface area contributed by atoms with Crippen molar-refractivity contribution in [2.24, 2.45) is 0 Å². The SMILES string of the molecule is C.CC/C=C/C/C=C/CC(O)CC.CCC(O)C/C=C/C/C=C/CC(=O)OC.COC(=O)C/C=C/C/C=C/CC(=O)OC.[B]. The van der Waals surface area contributed by atoms with Crippen LogP contribution in [0.15, 0.2) is 72.9 Å². The summed E-state index contributed by atoms with van der Waals surface area (Å²) in [6, 6.07) is 0. The third kappa shape index (κ3) is 45.8. The normalized spacial score (nSPS) is 12.3. The molecule has 251 valence electrons. The zero-order valence-corrected chi connectivity index (χ0v) is 27.3. The fourth-order valence-electron chi connectivity index (χ4n) is 2.61. The Labute approximate surface area is 270 Å². The van der Waals surface area contributed by atoms with Gasteiger partial charge >= 0.3 is 17.9 Å². The van der Waals surface area contributed by atoms with Crippen LogP contribution in [0.4, 0.5) is 0 Å². The molecule has 0 bridgehead atoms. The van der Waals surface area contributed by atoms with E-state index in [1.54, 1.807) is 18.2 Å². The summed E-state index contributed by atoms with van der Waals surface area (Å²) in [5.41, 5.74) is 0. The van der Waals surface area contributed by atoms with E-state index in [-0.39, 0.29) is 58.8 Å². The maximum absolute atomic E-state index is 10.7. The van der Waals surface area contributed by atoms with E-state index in [1.165, 1.54) is 21.3 Å². The van der Waals surface area contributed by atoms with Crippen LogP contribution in [0.2, 0.25) is 0 Å². The van der Waals surface area contributed by atoms with E-state index in [2.05, 4.69) is 39.4 Å². The monoisotopic (exact) mass is 619 g/mol. The molecule has 0 fully saturated rings. The van der Waals surface area contributed by atoms with Crippen molar-refractivity contribution in [2.45, 2.75) is 111 Å². The molecule has 44 heavy (non-hydrogen) atoms. The lowest BCUT2D eigenvalue weighted by Crippen LogP contribution is -2.00. The van der Waals surface area contributed by atoms with E-state index in [0.29, 0.717) is 19.3 Å². The first-order chi connectivity index (χ1) is 20.2. The lowest BCUT2D eigenvalue weighted by molar-refractivity contribution is -0.140. The summed E-state index contributed by atoms with van der Waals surface area (Å²) in [6.45, 7) is 6.07. The second kappa shape index (κ2) is 42.0. The van der Waals surface area contributed by atoms with Crippen LogP contribution in [0.5, 0.6) is 0 Å². The van der Waals surface area contributed by atoms with Gasteiger partial charge in [-0.05, 0) is 51.4 Å². The molecule has 0 heterocycles. The third-order valence-electron chi connectivity index (χ3n) is 5.35. The highest BCUT2D eigenvalue weighted by molar-refractivity contribution is 5.75. The summed E-state index contributed by atoms with van der Waals surface area (Å²) < 4.78 is 13.4. The van der Waals surface area contributed by atoms with Crippen molar-refractivity contribution in [3.8, 4) is 0 Å². The Morgan fingerprint density at radius 3 is 1.05 bits per heavy atom. The number of rotatable bonds is 19. The second-order valence-corrected chi connectivity index (χ2v) is 8.88. The summed E-state index contributed by atoms with van der Waals surface area (Å²) in [6.07, 6.45) is 30.4. The molecule has 3 radical (unpaired) electrons. The molecule has 0 spiro atoms. The molecule has 0 amide bonds. The molecule has 0 saturated carbocycles. The molecule has 0 aliphatic rings. The number of hydrogen-bond donors (Lipinski definition) is 2. The highest BCUT2D eigenvalue weighted by Crippen LogP contribution is 2.00. The molecule has 0 saturated heterocycles. The Bertz CT molecular complexity index is 803. The molecule has 2 atom stereocenters. The van der Waals surface area contributed by atoms with Gasteiger partial charge in [-0.15, -0.1) is 0 Å². The Morgan fingerprint density at radius 1 is 0.523 bits per heavy atom. The second-order valence-electron chi connectivity index (χ2n) is 8.88. The van der Waals surface area contributed by atoms with Gasteiger partial charge in [0.05, 0.1) is 52.8 Å². The fraction of sp³-hybridized carbons (Fsp3) is 0.571. The number of hydrogen-bond acceptors (Lipinski definition) is 8. The van der Waals surface area contributed by atoms with E-state index in [9.17, 15) is 24.6 Å². The van der Waals surface area contributed by atoms with Gasteiger partial charge in [0.2, 0.25) is 0 Å². The van der Waals surface area contributed by atoms with Crippen molar-refractivity contribution in [3.05, 3.63) is 72.9 Å². The van der Waals surface area contributed by atoms with E-state index in [4.69, 9.17) is 0 Å². The molecular formula is C35H60BO8. The van der Waals surface area contributed by atoms with Gasteiger partial charge in [-0.25, -0.2) is 0 Å². The van der Waals surface area contributed by atoms with Crippen LogP contribution in [0, 0.1) is 0 Å². The predicted octanol–water partition coefficient (Wildman–Crippen LogP) is 7.14. The predicted molar refractivity (Wildman–Crippen MR) is 183 cm³/mol. The van der Waals surface area contributed by atoms with Crippen LogP contribution in [0.1, 0.15) is 98.8 Å². The number of esters is 3. The smallest absolute Gasteiger partial charge is 0.309 e. The van der Waals surface area contributed by atoms with Crippen molar-refractivity contribution >= 4 is 26.3 Å². The number of aliphatic hydroxyl groups excluding tert-OH is 2. The largest absolute Gasteiger partial charge is 0.469 e. The summed E-state index contributed by atoms with van der Waals surface area (Å²) in [7, 11) is 4.08. The summed E-state index contributed by atoms with van der Waals surface area (Å²) in [5, 5.41) is 18.4. The average molecular weight is 620 g/mol. The van der Waals surface area contributed by atoms with Crippen molar-refractivity contribution < 1.29 is 38.8 Å². The van der Waals surface area contributed by atoms with Gasteiger partial charge in [-0.2, -0.15) is 0 Å². The van der Waals surface area contributed by atoms with E-state index in [0.717, 1.165) is 38.5 Å². The van der Waals surface area contributed by atoms with Gasteiger partial charge in [0.25, 0.3) is 0 Å². The van der Waals surface area contributed by atoms with Crippen LogP contribution in [-0.2, 0) is 28.6 Å². The van der Waals surface area contributed by atoms with E-state index < -0.39 is 0 Å². The first kappa shape index (κ1) is 50.5. The van der Waals surface area contributed by atoms with Gasteiger partial charge < -0.3 is 24.4 Å². The van der Waals surface area contributed by atoms with Crippen molar-refractivity contribution in [2.75, 3.05) is 21.3 Å². The number of carbonyl (C=O) groups excluding carboxylic acids is 3. The molecule has 0 aliphatic heterocycles. The minimum Gasteiger partial charge on any atom is -0.469 e. The lowest BCUT2D eigenvalue weighted by atomic mass is 10.2. The van der Waals surface area contributed by atoms with Gasteiger partial charge in [-0.1, -0.05) is 101 Å². The number of carbonyl (C=O) groups is 3. The zero-order chi connectivity index (χ0) is 32.3. The van der Waals surface area contributed by atoms with Crippen LogP contribution in [-0.4, -0.2) is 70.1 Å². The topological polar surface area (TPSA) is 119 Å². The fourth-order valence-corrected chi connectivity index (χ4v) is 2.61. The molecule has 0 aromatic carbocycles. The van der Waals surface area contributed by atoms with Crippen LogP contribution < -0.4 is 0 Å². The highest BCUT2D eigenvalue weighted by Gasteiger charge is 1.96. The minimum absolute atomic E-state index is 0. The van der Waals surface area contributed by atoms with Crippen molar-refractivity contribution in [1.29, 1.82) is 0 Å². The van der Waals surface area contributed by atoms with Gasteiger partial charge in [0.1, 0.15) is 0 Å². The van der Waals surface area contributed by atoms with Crippen LogP contribution >= 0.6 is 0 Å². The first-order valence-corrected chi connectivity index (χ1v) is 14.7. The Kier molecular flexibility index (Phi) is 48.1. The quantitative estimate of drug-likeness (QED) is 0.0678. The highest BCUT2D eigenvalue weighted by atomic mass is 16.5. The van der Waals surface area contributed by atoms with Crippen molar-refractivity contribution in [3.63, 3.8) is 0 Å². The Hall–Kier alpha value is -3.17. The third-order valence-corrected chi connectivity index (χ3v) is 5.35. The summed E-state index contributed by atoms with van der Waals surface area (Å²) in [4.78, 5) is 32.1. The lowest BCUT2D eigenvalue weighted by Gasteiger charge is -2.00. The standard InChI is InChI=1S/C12H20O3.C11H16O4.C11H20O.CH4.B/c1-3-11(13)9-7-5-4-6-8-10-12(14)15-2;1-14-10(12)8-6-4-3-5-7-9-11(13)15-2;1-3-5-6-7-8-9-10-11(12)4-2;;/h5-8,11,13H,3-4,9-10H2,1-2H3;4-7H,3,8-9H2,1-2H3;5-6,8-9,11-12H,3-4,7,10H2,1-2H3;1H4;/b7-5+,8-6+;6-4+,7-5+;6-5+,9-8+;;. The maximum Gasteiger partial charge on any atom is 0.309 e. The number of aliphatic hydroxyl groups is 2. The first-order valence-electron chi connectivity index (χ1n) is 14.7. The Morgan fingerprint density at radius 2 is 0.795 bits per heavy atom. The van der Waals surface area contributed by atoms with E-state index >= 15 is 0 Å². The molecule has 0 aromatic heterocycles. The van der Waals surface area contributed by atoms with Crippen LogP contribution in [0.3, 0.4) is 0 Å². The number of ether oxygens (including phenoxy) is 3. The maximum atomic E-state index is 10.7. The minimum atomic E-state index is -0.259. The van der Waals surface area contributed by atoms with Gasteiger partial charge in [0, 0.05) is 8.41 Å². The van der Waals surface area contributed by atoms with Gasteiger partial charge in [0.15, 0.2) is 0 Å². The summed E-state index contributed by atoms with van der Waals surface area (Å²) in [5.74, 6) is -0.744. The molecule has 9 heteroatoms. The van der Waals surface area contributed by atoms with E-state index in [1.807, 2.05) is 50.3 Å². The average Bonchev–Trinajstić information content (AvgIpc) is 3.01. The molecule has 8 nitrogen and oxygen atoms in total.